The second-order valence-corrected chi connectivity index (χ2v) is 4.90. The first kappa shape index (κ1) is 15.6. The van der Waals surface area contributed by atoms with Gasteiger partial charge in [-0.15, -0.1) is 0 Å². The molecule has 0 spiro atoms. The number of carboxylic acids is 1. The number of benzene rings is 2. The molecule has 22 heavy (non-hydrogen) atoms. The summed E-state index contributed by atoms with van der Waals surface area (Å²) < 4.78 is 0. The lowest BCUT2D eigenvalue weighted by molar-refractivity contribution is -0.138. The van der Waals surface area contributed by atoms with Gasteiger partial charge in [-0.25, -0.2) is 4.79 Å². The monoisotopic (exact) mass is 298 g/mol. The predicted molar refractivity (Wildman–Crippen MR) is 84.9 cm³/mol. The first-order chi connectivity index (χ1) is 10.6. The number of carbonyl (C=O) groups is 2. The van der Waals surface area contributed by atoms with Gasteiger partial charge in [-0.05, 0) is 30.7 Å². The second kappa shape index (κ2) is 7.26. The van der Waals surface area contributed by atoms with E-state index in [-0.39, 0.29) is 12.8 Å². The van der Waals surface area contributed by atoms with Crippen molar-refractivity contribution in [2.24, 2.45) is 5.73 Å². The molecule has 0 bridgehead atoms. The van der Waals surface area contributed by atoms with E-state index in [0.29, 0.717) is 0 Å². The molecule has 1 unspecified atom stereocenters. The summed E-state index contributed by atoms with van der Waals surface area (Å²) in [6.07, 6.45) is 0.168. The van der Waals surface area contributed by atoms with Crippen molar-refractivity contribution >= 4 is 23.3 Å². The molecule has 2 aromatic carbocycles. The number of nitrogens with two attached hydrogens (primary N) is 1. The predicted octanol–water partition coefficient (Wildman–Crippen LogP) is 2.54. The molecule has 0 heterocycles. The van der Waals surface area contributed by atoms with E-state index in [0.717, 1.165) is 11.4 Å². The molecule has 5 nitrogen and oxygen atoms in total. The van der Waals surface area contributed by atoms with Gasteiger partial charge in [0.15, 0.2) is 0 Å². The number of hydrogen-bond donors (Lipinski definition) is 2. The maximum absolute atomic E-state index is 11.7. The molecule has 114 valence electrons. The SMILES string of the molecule is NC(=O)CCC(C(=O)O)N(c1ccccc1)c1ccccc1. The zero-order valence-corrected chi connectivity index (χ0v) is 12.1. The van der Waals surface area contributed by atoms with Crippen molar-refractivity contribution in [2.75, 3.05) is 4.90 Å². The summed E-state index contributed by atoms with van der Waals surface area (Å²) in [6.45, 7) is 0. The molecule has 0 aliphatic rings. The minimum Gasteiger partial charge on any atom is -0.480 e. The Morgan fingerprint density at radius 3 is 1.77 bits per heavy atom. The largest absolute Gasteiger partial charge is 0.480 e. The minimum atomic E-state index is -0.992. The molecule has 3 N–H and O–H groups in total. The van der Waals surface area contributed by atoms with Crippen LogP contribution in [0.4, 0.5) is 11.4 Å². The van der Waals surface area contributed by atoms with E-state index in [9.17, 15) is 14.7 Å². The summed E-state index contributed by atoms with van der Waals surface area (Å²) >= 11 is 0. The van der Waals surface area contributed by atoms with Crippen LogP contribution in [0.2, 0.25) is 0 Å². The van der Waals surface area contributed by atoms with Crippen molar-refractivity contribution in [1.82, 2.24) is 0 Å². The lowest BCUT2D eigenvalue weighted by atomic mass is 10.1. The quantitative estimate of drug-likeness (QED) is 0.822. The van der Waals surface area contributed by atoms with E-state index in [1.165, 1.54) is 0 Å². The van der Waals surface area contributed by atoms with Crippen molar-refractivity contribution in [2.45, 2.75) is 18.9 Å². The molecular weight excluding hydrogens is 280 g/mol. The topological polar surface area (TPSA) is 83.6 Å². The van der Waals surface area contributed by atoms with E-state index in [2.05, 4.69) is 0 Å². The van der Waals surface area contributed by atoms with Crippen molar-refractivity contribution < 1.29 is 14.7 Å². The maximum Gasteiger partial charge on any atom is 0.326 e. The lowest BCUT2D eigenvalue weighted by Crippen LogP contribution is -2.39. The molecule has 5 heteroatoms. The molecule has 2 aromatic rings. The van der Waals surface area contributed by atoms with E-state index >= 15 is 0 Å². The Labute approximate surface area is 129 Å². The average Bonchev–Trinajstić information content (AvgIpc) is 2.52. The molecular formula is C17H18N2O3. The third kappa shape index (κ3) is 3.85. The van der Waals surface area contributed by atoms with Crippen LogP contribution in [0.25, 0.3) is 0 Å². The van der Waals surface area contributed by atoms with Gasteiger partial charge in [0, 0.05) is 17.8 Å². The highest BCUT2D eigenvalue weighted by atomic mass is 16.4. The minimum absolute atomic E-state index is 0.0210. The smallest absolute Gasteiger partial charge is 0.326 e. The second-order valence-electron chi connectivity index (χ2n) is 4.90. The Kier molecular flexibility index (Phi) is 5.14. The summed E-state index contributed by atoms with van der Waals surface area (Å²) in [7, 11) is 0. The Bertz CT molecular complexity index is 589. The zero-order valence-electron chi connectivity index (χ0n) is 12.1. The van der Waals surface area contributed by atoms with Gasteiger partial charge in [-0.1, -0.05) is 36.4 Å². The van der Waals surface area contributed by atoms with E-state index in [4.69, 9.17) is 5.73 Å². The number of rotatable bonds is 7. The van der Waals surface area contributed by atoms with Gasteiger partial charge in [0.2, 0.25) is 5.91 Å². The van der Waals surface area contributed by atoms with Crippen LogP contribution in [0.5, 0.6) is 0 Å². The van der Waals surface area contributed by atoms with Gasteiger partial charge in [-0.3, -0.25) is 4.79 Å². The van der Waals surface area contributed by atoms with Gasteiger partial charge < -0.3 is 15.7 Å². The summed E-state index contributed by atoms with van der Waals surface area (Å²) in [4.78, 5) is 24.5. The van der Waals surface area contributed by atoms with Crippen molar-refractivity contribution in [3.63, 3.8) is 0 Å². The maximum atomic E-state index is 11.7. The molecule has 1 amide bonds. The number of carboxylic acid groups (broad SMARTS) is 1. The number of para-hydroxylation sites is 2. The highest BCUT2D eigenvalue weighted by molar-refractivity contribution is 5.83. The fourth-order valence-corrected chi connectivity index (χ4v) is 2.33. The van der Waals surface area contributed by atoms with Crippen LogP contribution >= 0.6 is 0 Å². The van der Waals surface area contributed by atoms with Crippen LogP contribution in [0.3, 0.4) is 0 Å². The molecule has 0 aliphatic heterocycles. The molecule has 0 fully saturated rings. The van der Waals surface area contributed by atoms with Gasteiger partial charge in [0.25, 0.3) is 0 Å². The van der Waals surface area contributed by atoms with Crippen LogP contribution in [0, 0.1) is 0 Å². The fourth-order valence-electron chi connectivity index (χ4n) is 2.33. The number of hydrogen-bond acceptors (Lipinski definition) is 3. The number of nitrogens with zero attached hydrogens (tertiary/aromatic N) is 1. The van der Waals surface area contributed by atoms with Gasteiger partial charge >= 0.3 is 5.97 Å². The van der Waals surface area contributed by atoms with Crippen molar-refractivity contribution in [3.8, 4) is 0 Å². The molecule has 0 saturated heterocycles. The summed E-state index contributed by atoms with van der Waals surface area (Å²) in [6, 6.07) is 17.6. The third-order valence-corrected chi connectivity index (χ3v) is 3.33. The van der Waals surface area contributed by atoms with Crippen LogP contribution in [0.15, 0.2) is 60.7 Å². The molecule has 0 radical (unpaired) electrons. The van der Waals surface area contributed by atoms with Gasteiger partial charge in [0.1, 0.15) is 6.04 Å². The first-order valence-corrected chi connectivity index (χ1v) is 7.00. The van der Waals surface area contributed by atoms with E-state index in [1.807, 2.05) is 60.7 Å². The Morgan fingerprint density at radius 2 is 1.41 bits per heavy atom. The Hall–Kier alpha value is -2.82. The first-order valence-electron chi connectivity index (χ1n) is 7.00. The zero-order chi connectivity index (χ0) is 15.9. The number of primary amides is 1. The molecule has 1 atom stereocenters. The molecule has 0 saturated carbocycles. The third-order valence-electron chi connectivity index (χ3n) is 3.33. The molecule has 0 aliphatic carbocycles. The number of aliphatic carboxylic acids is 1. The summed E-state index contributed by atoms with van der Waals surface area (Å²) in [5.41, 5.74) is 6.68. The van der Waals surface area contributed by atoms with Crippen molar-refractivity contribution in [3.05, 3.63) is 60.7 Å². The molecule has 2 rings (SSSR count). The van der Waals surface area contributed by atoms with Crippen LogP contribution in [-0.2, 0) is 9.59 Å². The van der Waals surface area contributed by atoms with Crippen LogP contribution < -0.4 is 10.6 Å². The average molecular weight is 298 g/mol. The van der Waals surface area contributed by atoms with Crippen LogP contribution in [-0.4, -0.2) is 23.0 Å². The molecule has 0 aromatic heterocycles. The Balaban J connectivity index is 2.42. The van der Waals surface area contributed by atoms with Gasteiger partial charge in [0.05, 0.1) is 0 Å². The normalized spacial score (nSPS) is 11.6. The summed E-state index contributed by atoms with van der Waals surface area (Å²) in [5, 5.41) is 9.59. The van der Waals surface area contributed by atoms with Gasteiger partial charge in [-0.2, -0.15) is 0 Å². The Morgan fingerprint density at radius 1 is 0.955 bits per heavy atom. The van der Waals surface area contributed by atoms with E-state index < -0.39 is 17.9 Å². The number of anilines is 2. The lowest BCUT2D eigenvalue weighted by Gasteiger charge is -2.31. The summed E-state index contributed by atoms with van der Waals surface area (Å²) in [5.74, 6) is -1.50. The standard InChI is InChI=1S/C17H18N2O3/c18-16(20)12-11-15(17(21)22)19(13-7-3-1-4-8-13)14-9-5-2-6-10-14/h1-10,15H,11-12H2,(H2,18,20)(H,21,22). The number of amides is 1. The van der Waals surface area contributed by atoms with E-state index in [1.54, 1.807) is 4.90 Å². The van der Waals surface area contributed by atoms with Crippen LogP contribution in [0.1, 0.15) is 12.8 Å². The highest BCUT2D eigenvalue weighted by Gasteiger charge is 2.27. The fraction of sp³-hybridized carbons (Fsp3) is 0.176. The number of carbonyl (C=O) groups excluding carboxylic acids is 1. The highest BCUT2D eigenvalue weighted by Crippen LogP contribution is 2.29. The van der Waals surface area contributed by atoms with Crippen molar-refractivity contribution in [1.29, 1.82) is 0 Å².